The molecule has 0 radical (unpaired) electrons. The second-order valence-electron chi connectivity index (χ2n) is 5.73. The Morgan fingerprint density at radius 1 is 0.417 bits per heavy atom. The molecule has 0 fully saturated rings. The number of allylic oxidation sites excluding steroid dienone is 8. The van der Waals surface area contributed by atoms with E-state index in [1.165, 1.54) is 21.5 Å². The van der Waals surface area contributed by atoms with E-state index >= 15 is 0 Å². The summed E-state index contributed by atoms with van der Waals surface area (Å²) in [7, 11) is 0. The molecule has 0 amide bonds. The Bertz CT molecular complexity index is 760. The van der Waals surface area contributed by atoms with Crippen molar-refractivity contribution in [2.75, 3.05) is 0 Å². The van der Waals surface area contributed by atoms with Crippen molar-refractivity contribution in [1.29, 1.82) is 0 Å². The van der Waals surface area contributed by atoms with E-state index in [2.05, 4.69) is 109 Å². The molecule has 3 aromatic rings. The van der Waals surface area contributed by atoms with E-state index < -0.39 is 0 Å². The van der Waals surface area contributed by atoms with Crippen LogP contribution in [-0.2, 0) is 0 Å². The molecule has 5 rings (SSSR count). The van der Waals surface area contributed by atoms with Crippen LogP contribution in [0.15, 0.2) is 109 Å². The largest absolute Gasteiger partial charge is 0.0808 e. The maximum atomic E-state index is 2.24. The van der Waals surface area contributed by atoms with Gasteiger partial charge in [-0.25, -0.2) is 0 Å². The lowest BCUT2D eigenvalue weighted by Crippen LogP contribution is -1.74. The van der Waals surface area contributed by atoms with Gasteiger partial charge in [-0.3, -0.25) is 0 Å². The summed E-state index contributed by atoms with van der Waals surface area (Å²) in [5.74, 6) is 0. The lowest BCUT2D eigenvalue weighted by Gasteiger charge is -2.00. The molecular formula is C24H22. The summed E-state index contributed by atoms with van der Waals surface area (Å²) in [6, 6.07) is 21.4. The Morgan fingerprint density at radius 2 is 0.708 bits per heavy atom. The van der Waals surface area contributed by atoms with Crippen LogP contribution in [0, 0.1) is 0 Å². The van der Waals surface area contributed by atoms with E-state index in [9.17, 15) is 0 Å². The fraction of sp³-hybridized carbons (Fsp3) is 0.0833. The quantitative estimate of drug-likeness (QED) is 0.392. The Kier molecular flexibility index (Phi) is 5.80. The average Bonchev–Trinajstić information content (AvgIpc) is 3.38. The van der Waals surface area contributed by atoms with Crippen LogP contribution >= 0.6 is 0 Å². The molecule has 0 unspecified atom stereocenters. The summed E-state index contributed by atoms with van der Waals surface area (Å²) in [5.41, 5.74) is 0. The van der Waals surface area contributed by atoms with Gasteiger partial charge in [0.25, 0.3) is 0 Å². The zero-order chi connectivity index (χ0) is 16.5. The molecule has 0 aromatic heterocycles. The van der Waals surface area contributed by atoms with Crippen molar-refractivity contribution in [1.82, 2.24) is 0 Å². The van der Waals surface area contributed by atoms with E-state index in [1.54, 1.807) is 0 Å². The normalized spacial score (nSPS) is 13.7. The van der Waals surface area contributed by atoms with Gasteiger partial charge in [0.15, 0.2) is 0 Å². The summed E-state index contributed by atoms with van der Waals surface area (Å²) < 4.78 is 0. The first-order valence-electron chi connectivity index (χ1n) is 8.44. The number of hydrogen-bond donors (Lipinski definition) is 0. The topological polar surface area (TPSA) is 0 Å². The van der Waals surface area contributed by atoms with Crippen LogP contribution in [0.5, 0.6) is 0 Å². The number of fused-ring (bicyclic) bond motifs is 2. The fourth-order valence-electron chi connectivity index (χ4n) is 2.67. The highest BCUT2D eigenvalue weighted by Crippen LogP contribution is 2.21. The molecule has 0 spiro atoms. The standard InChI is InChI=1S/C14H10.2C5H6/c1-2-6-12-10-14-8-4-3-7-13(14)9-11(12)5-1;2*1-2-4-5-3-1/h1-10H;2*1-4H,5H2. The molecule has 0 heteroatoms. The van der Waals surface area contributed by atoms with Gasteiger partial charge in [-0.1, -0.05) is 97.1 Å². The van der Waals surface area contributed by atoms with E-state index in [0.717, 1.165) is 12.8 Å². The molecule has 2 aliphatic rings. The van der Waals surface area contributed by atoms with Crippen molar-refractivity contribution in [2.45, 2.75) is 12.8 Å². The highest BCUT2D eigenvalue weighted by Gasteiger charge is 1.95. The molecule has 2 aliphatic carbocycles. The van der Waals surface area contributed by atoms with Crippen LogP contribution in [0.3, 0.4) is 0 Å². The lowest BCUT2D eigenvalue weighted by molar-refractivity contribution is 1.45. The highest BCUT2D eigenvalue weighted by molar-refractivity contribution is 5.98. The van der Waals surface area contributed by atoms with E-state index in [1.807, 2.05) is 0 Å². The van der Waals surface area contributed by atoms with Crippen LogP contribution in [0.4, 0.5) is 0 Å². The Hall–Kier alpha value is -2.86. The van der Waals surface area contributed by atoms with Gasteiger partial charge in [-0.15, -0.1) is 0 Å². The SMILES string of the molecule is C1=CCC=C1.C1=CCC=C1.c1ccc2cc3ccccc3cc2c1. The molecule has 0 nitrogen and oxygen atoms in total. The predicted molar refractivity (Wildman–Crippen MR) is 107 cm³/mol. The molecule has 0 atom stereocenters. The average molecular weight is 310 g/mol. The van der Waals surface area contributed by atoms with Crippen LogP contribution in [0.1, 0.15) is 12.8 Å². The summed E-state index contributed by atoms with van der Waals surface area (Å²) >= 11 is 0. The third kappa shape index (κ3) is 4.57. The molecule has 0 saturated carbocycles. The predicted octanol–water partition coefficient (Wildman–Crippen LogP) is 7.00. The van der Waals surface area contributed by atoms with Crippen molar-refractivity contribution >= 4 is 21.5 Å². The molecule has 0 saturated heterocycles. The molecular weight excluding hydrogens is 288 g/mol. The van der Waals surface area contributed by atoms with E-state index in [-0.39, 0.29) is 0 Å². The summed E-state index contributed by atoms with van der Waals surface area (Å²) in [5, 5.41) is 5.25. The van der Waals surface area contributed by atoms with Gasteiger partial charge < -0.3 is 0 Å². The van der Waals surface area contributed by atoms with Crippen molar-refractivity contribution in [3.63, 3.8) is 0 Å². The van der Waals surface area contributed by atoms with Gasteiger partial charge in [-0.05, 0) is 46.5 Å². The second-order valence-corrected chi connectivity index (χ2v) is 5.73. The zero-order valence-corrected chi connectivity index (χ0v) is 13.8. The van der Waals surface area contributed by atoms with Gasteiger partial charge >= 0.3 is 0 Å². The lowest BCUT2D eigenvalue weighted by atomic mass is 10.0. The van der Waals surface area contributed by atoms with E-state index in [0.29, 0.717) is 0 Å². The molecule has 0 N–H and O–H groups in total. The Balaban J connectivity index is 0.000000138. The number of benzene rings is 3. The first-order chi connectivity index (χ1) is 11.9. The van der Waals surface area contributed by atoms with Gasteiger partial charge in [-0.2, -0.15) is 0 Å². The minimum atomic E-state index is 1.14. The van der Waals surface area contributed by atoms with Crippen molar-refractivity contribution < 1.29 is 0 Å². The smallest absolute Gasteiger partial charge is 0.0163 e. The summed E-state index contributed by atoms with van der Waals surface area (Å²) in [6.07, 6.45) is 19.0. The Labute approximate surface area is 144 Å². The van der Waals surface area contributed by atoms with Crippen LogP contribution in [0.25, 0.3) is 21.5 Å². The third-order valence-electron chi connectivity index (χ3n) is 3.92. The first kappa shape index (κ1) is 16.0. The number of rotatable bonds is 0. The molecule has 0 heterocycles. The highest BCUT2D eigenvalue weighted by atomic mass is 14.0. The minimum Gasteiger partial charge on any atom is -0.0808 e. The fourth-order valence-corrected chi connectivity index (χ4v) is 2.67. The maximum Gasteiger partial charge on any atom is -0.0163 e. The van der Waals surface area contributed by atoms with Gasteiger partial charge in [0.1, 0.15) is 0 Å². The van der Waals surface area contributed by atoms with Crippen molar-refractivity contribution in [3.8, 4) is 0 Å². The van der Waals surface area contributed by atoms with Crippen molar-refractivity contribution in [2.24, 2.45) is 0 Å². The van der Waals surface area contributed by atoms with Crippen LogP contribution < -0.4 is 0 Å². The third-order valence-corrected chi connectivity index (χ3v) is 3.92. The van der Waals surface area contributed by atoms with Gasteiger partial charge in [0.2, 0.25) is 0 Å². The molecule has 0 aliphatic heterocycles. The zero-order valence-electron chi connectivity index (χ0n) is 13.8. The molecule has 118 valence electrons. The molecule has 24 heavy (non-hydrogen) atoms. The first-order valence-corrected chi connectivity index (χ1v) is 8.44. The van der Waals surface area contributed by atoms with Crippen LogP contribution in [0.2, 0.25) is 0 Å². The van der Waals surface area contributed by atoms with E-state index in [4.69, 9.17) is 0 Å². The van der Waals surface area contributed by atoms with Gasteiger partial charge in [0, 0.05) is 0 Å². The summed E-state index contributed by atoms with van der Waals surface area (Å²) in [4.78, 5) is 0. The van der Waals surface area contributed by atoms with Crippen LogP contribution in [-0.4, -0.2) is 0 Å². The number of hydrogen-bond acceptors (Lipinski definition) is 0. The Morgan fingerprint density at radius 3 is 0.917 bits per heavy atom. The minimum absolute atomic E-state index is 1.14. The van der Waals surface area contributed by atoms with Gasteiger partial charge in [0.05, 0.1) is 0 Å². The molecule has 0 bridgehead atoms. The maximum absolute atomic E-state index is 2.24. The molecule has 3 aromatic carbocycles. The van der Waals surface area contributed by atoms with Crippen molar-refractivity contribution in [3.05, 3.63) is 109 Å². The monoisotopic (exact) mass is 310 g/mol. The summed E-state index contributed by atoms with van der Waals surface area (Å²) in [6.45, 7) is 0. The second kappa shape index (κ2) is 8.69.